The summed E-state index contributed by atoms with van der Waals surface area (Å²) in [5, 5.41) is 13.6. The van der Waals surface area contributed by atoms with Crippen molar-refractivity contribution in [3.05, 3.63) is 0 Å². The zero-order valence-electron chi connectivity index (χ0n) is 12.2. The minimum absolute atomic E-state index is 0.0237. The Hall–Kier alpha value is -1.28. The summed E-state index contributed by atoms with van der Waals surface area (Å²) in [6, 6.07) is -1.79. The molecule has 0 aromatic heterocycles. The van der Waals surface area contributed by atoms with Crippen molar-refractivity contribution in [2.45, 2.75) is 45.7 Å². The summed E-state index contributed by atoms with van der Waals surface area (Å²) < 4.78 is 0. The average Bonchev–Trinajstić information content (AvgIpc) is 2.44. The van der Waals surface area contributed by atoms with E-state index in [1.165, 1.54) is 0 Å². The zero-order valence-corrected chi connectivity index (χ0v) is 13.1. The number of carbonyl (C=O) groups is 3. The van der Waals surface area contributed by atoms with Crippen LogP contribution in [0.1, 0.15) is 33.6 Å². The van der Waals surface area contributed by atoms with Crippen molar-refractivity contribution in [2.75, 3.05) is 12.3 Å². The Morgan fingerprint density at radius 2 is 1.85 bits per heavy atom. The molecular weight excluding hydrogens is 282 g/mol. The maximum Gasteiger partial charge on any atom is 0.320 e. The van der Waals surface area contributed by atoms with Crippen molar-refractivity contribution in [2.24, 2.45) is 5.73 Å². The summed E-state index contributed by atoms with van der Waals surface area (Å²) in [5.74, 6) is -1.72. The number of likely N-dealkylation sites (N-methyl/N-ethyl adjacent to an activating group) is 1. The van der Waals surface area contributed by atoms with Gasteiger partial charge in [-0.25, -0.2) is 0 Å². The molecule has 8 heteroatoms. The van der Waals surface area contributed by atoms with Gasteiger partial charge in [0.2, 0.25) is 11.8 Å². The molecule has 0 aliphatic rings. The van der Waals surface area contributed by atoms with E-state index in [9.17, 15) is 14.4 Å². The van der Waals surface area contributed by atoms with Crippen LogP contribution in [0.15, 0.2) is 0 Å². The van der Waals surface area contributed by atoms with E-state index in [0.29, 0.717) is 6.54 Å². The summed E-state index contributed by atoms with van der Waals surface area (Å²) in [6.45, 7) is 6.23. The van der Waals surface area contributed by atoms with Crippen LogP contribution in [0, 0.1) is 0 Å². The Morgan fingerprint density at radius 3 is 2.25 bits per heavy atom. The second-order valence-electron chi connectivity index (χ2n) is 3.68. The molecule has 0 fully saturated rings. The van der Waals surface area contributed by atoms with Gasteiger partial charge in [-0.05, 0) is 13.3 Å². The molecule has 0 bridgehead atoms. The zero-order chi connectivity index (χ0) is 16.1. The van der Waals surface area contributed by atoms with Gasteiger partial charge in [-0.3, -0.25) is 14.4 Å². The van der Waals surface area contributed by atoms with E-state index in [0.717, 1.165) is 0 Å². The van der Waals surface area contributed by atoms with Crippen LogP contribution in [0.4, 0.5) is 0 Å². The fourth-order valence-corrected chi connectivity index (χ4v) is 1.43. The maximum atomic E-state index is 11.5. The normalized spacial score (nSPS) is 12.4. The molecule has 0 radical (unpaired) electrons. The molecule has 0 spiro atoms. The largest absolute Gasteiger partial charge is 0.480 e. The van der Waals surface area contributed by atoms with Gasteiger partial charge in [-0.15, -0.1) is 0 Å². The number of nitrogens with one attached hydrogen (secondary N) is 2. The number of thiol groups is 1. The third kappa shape index (κ3) is 9.62. The number of aliphatic carboxylic acids is 1. The van der Waals surface area contributed by atoms with Crippen LogP contribution >= 0.6 is 12.6 Å². The molecular formula is C12H25N3O4S. The minimum atomic E-state index is -1.16. The highest BCUT2D eigenvalue weighted by atomic mass is 32.1. The van der Waals surface area contributed by atoms with E-state index in [-0.39, 0.29) is 24.5 Å². The molecule has 7 nitrogen and oxygen atoms in total. The van der Waals surface area contributed by atoms with Gasteiger partial charge in [0.05, 0.1) is 0 Å². The smallest absolute Gasteiger partial charge is 0.320 e. The second-order valence-corrected chi connectivity index (χ2v) is 4.05. The molecule has 0 rings (SSSR count). The van der Waals surface area contributed by atoms with Crippen LogP contribution in [0.3, 0.4) is 0 Å². The Kier molecular flexibility index (Phi) is 13.4. The van der Waals surface area contributed by atoms with Gasteiger partial charge in [0, 0.05) is 18.7 Å². The standard InChI is InChI=1S/C10H19N3O4S.C2H6/c1-2-12-9(15)7(5-18)13-8(14)4-3-6(11)10(16)17;1-2/h6-7,18H,2-5,11H2,1H3,(H,12,15)(H,13,14)(H,16,17);1-2H3. The summed E-state index contributed by atoms with van der Waals surface area (Å²) in [5.41, 5.74) is 5.26. The van der Waals surface area contributed by atoms with E-state index >= 15 is 0 Å². The SMILES string of the molecule is CC.CCNC(=O)C(CS)NC(=O)CCC(N)C(=O)O. The first kappa shape index (κ1) is 21.0. The third-order valence-corrected chi connectivity index (χ3v) is 2.55. The molecule has 0 saturated carbocycles. The molecule has 0 heterocycles. The maximum absolute atomic E-state index is 11.5. The highest BCUT2D eigenvalue weighted by molar-refractivity contribution is 7.80. The number of hydrogen-bond acceptors (Lipinski definition) is 5. The lowest BCUT2D eigenvalue weighted by molar-refractivity contribution is -0.138. The number of carboxylic acid groups (broad SMARTS) is 1. The monoisotopic (exact) mass is 307 g/mol. The Labute approximate surface area is 125 Å². The van der Waals surface area contributed by atoms with Crippen LogP contribution < -0.4 is 16.4 Å². The molecule has 5 N–H and O–H groups in total. The van der Waals surface area contributed by atoms with Crippen molar-refractivity contribution in [1.82, 2.24) is 10.6 Å². The van der Waals surface area contributed by atoms with Gasteiger partial charge < -0.3 is 21.5 Å². The van der Waals surface area contributed by atoms with E-state index in [1.807, 2.05) is 13.8 Å². The Balaban J connectivity index is 0. The van der Waals surface area contributed by atoms with Gasteiger partial charge in [0.25, 0.3) is 0 Å². The number of rotatable bonds is 8. The van der Waals surface area contributed by atoms with Crippen LogP contribution in [0.25, 0.3) is 0 Å². The van der Waals surface area contributed by atoms with Gasteiger partial charge in [0.1, 0.15) is 12.1 Å². The van der Waals surface area contributed by atoms with Gasteiger partial charge >= 0.3 is 5.97 Å². The molecule has 118 valence electrons. The number of nitrogens with two attached hydrogens (primary N) is 1. The van der Waals surface area contributed by atoms with E-state index in [1.54, 1.807) is 6.92 Å². The first-order chi connectivity index (χ1) is 9.42. The van der Waals surface area contributed by atoms with Gasteiger partial charge in [-0.1, -0.05) is 13.8 Å². The predicted molar refractivity (Wildman–Crippen MR) is 80.7 cm³/mol. The van der Waals surface area contributed by atoms with Crippen molar-refractivity contribution in [3.63, 3.8) is 0 Å². The first-order valence-corrected chi connectivity index (χ1v) is 7.21. The van der Waals surface area contributed by atoms with Crippen molar-refractivity contribution >= 4 is 30.4 Å². The lowest BCUT2D eigenvalue weighted by Gasteiger charge is -2.16. The molecule has 20 heavy (non-hydrogen) atoms. The first-order valence-electron chi connectivity index (χ1n) is 6.58. The molecule has 0 saturated heterocycles. The molecule has 0 aromatic rings. The van der Waals surface area contributed by atoms with Gasteiger partial charge in [0.15, 0.2) is 0 Å². The van der Waals surface area contributed by atoms with Crippen LogP contribution in [-0.4, -0.2) is 47.3 Å². The van der Waals surface area contributed by atoms with Gasteiger partial charge in [-0.2, -0.15) is 12.6 Å². The summed E-state index contributed by atoms with van der Waals surface area (Å²) in [4.78, 5) is 33.4. The number of amides is 2. The molecule has 2 unspecified atom stereocenters. The number of hydrogen-bond donors (Lipinski definition) is 5. The highest BCUT2D eigenvalue weighted by Gasteiger charge is 2.19. The Morgan fingerprint density at radius 1 is 1.30 bits per heavy atom. The van der Waals surface area contributed by atoms with Crippen molar-refractivity contribution < 1.29 is 19.5 Å². The predicted octanol–water partition coefficient (Wildman–Crippen LogP) is -0.245. The highest BCUT2D eigenvalue weighted by Crippen LogP contribution is 1.97. The summed E-state index contributed by atoms with van der Waals surface area (Å²) in [7, 11) is 0. The van der Waals surface area contributed by atoms with Crippen molar-refractivity contribution in [1.29, 1.82) is 0 Å². The average molecular weight is 307 g/mol. The molecule has 0 aliphatic carbocycles. The number of carbonyl (C=O) groups excluding carboxylic acids is 2. The van der Waals surface area contributed by atoms with E-state index < -0.39 is 24.0 Å². The molecule has 0 aromatic carbocycles. The quantitative estimate of drug-likeness (QED) is 0.396. The van der Waals surface area contributed by atoms with Crippen molar-refractivity contribution in [3.8, 4) is 0 Å². The van der Waals surface area contributed by atoms with E-state index in [4.69, 9.17) is 10.8 Å². The van der Waals surface area contributed by atoms with Crippen LogP contribution in [-0.2, 0) is 14.4 Å². The third-order valence-electron chi connectivity index (χ3n) is 2.18. The summed E-state index contributed by atoms with van der Waals surface area (Å²) in [6.07, 6.45) is -0.0208. The lowest BCUT2D eigenvalue weighted by atomic mass is 10.1. The van der Waals surface area contributed by atoms with Crippen LogP contribution in [0.5, 0.6) is 0 Å². The minimum Gasteiger partial charge on any atom is -0.480 e. The number of carboxylic acids is 1. The van der Waals surface area contributed by atoms with Crippen LogP contribution in [0.2, 0.25) is 0 Å². The fraction of sp³-hybridized carbons (Fsp3) is 0.750. The van der Waals surface area contributed by atoms with E-state index in [2.05, 4.69) is 23.3 Å². The summed E-state index contributed by atoms with van der Waals surface area (Å²) >= 11 is 3.97. The molecule has 2 amide bonds. The molecule has 2 atom stereocenters. The molecule has 0 aliphatic heterocycles. The topological polar surface area (TPSA) is 122 Å². The second kappa shape index (κ2) is 12.7. The fourth-order valence-electron chi connectivity index (χ4n) is 1.17. The Bertz CT molecular complexity index is 313. The lowest BCUT2D eigenvalue weighted by Crippen LogP contribution is -2.48.